The maximum atomic E-state index is 11.6. The first-order chi connectivity index (χ1) is 8.63. The molecule has 0 atom stereocenters. The number of aryl methyl sites for hydroxylation is 1. The van der Waals surface area contributed by atoms with E-state index in [2.05, 4.69) is 17.6 Å². The molecule has 1 aromatic carbocycles. The summed E-state index contributed by atoms with van der Waals surface area (Å²) in [6.07, 6.45) is 3.63. The molecule has 18 heavy (non-hydrogen) atoms. The van der Waals surface area contributed by atoms with Gasteiger partial charge in [0.25, 0.3) is 0 Å². The molecule has 0 aliphatic carbocycles. The Labute approximate surface area is 114 Å². The number of carbonyl (C=O) groups excluding carboxylic acids is 1. The van der Waals surface area contributed by atoms with Crippen LogP contribution in [-0.4, -0.2) is 11.0 Å². The van der Waals surface area contributed by atoms with Gasteiger partial charge in [0, 0.05) is 12.1 Å². The summed E-state index contributed by atoms with van der Waals surface area (Å²) in [5.74, 6) is -0.0189. The van der Waals surface area contributed by atoms with E-state index in [0.29, 0.717) is 11.5 Å². The molecule has 0 saturated carbocycles. The zero-order valence-corrected chi connectivity index (χ0v) is 11.8. The van der Waals surface area contributed by atoms with Crippen LogP contribution in [0.5, 0.6) is 0 Å². The zero-order valence-electron chi connectivity index (χ0n) is 11.0. The van der Waals surface area contributed by atoms with Crippen LogP contribution in [0.4, 0.5) is 5.69 Å². The van der Waals surface area contributed by atoms with Crippen molar-refractivity contribution in [2.24, 2.45) is 0 Å². The van der Waals surface area contributed by atoms with Crippen LogP contribution in [0, 0.1) is 6.92 Å². The number of benzene rings is 1. The summed E-state index contributed by atoms with van der Waals surface area (Å²) in [7, 11) is 0. The predicted octanol–water partition coefficient (Wildman–Crippen LogP) is 3.39. The second-order valence-electron chi connectivity index (χ2n) is 4.27. The molecule has 0 aromatic heterocycles. The van der Waals surface area contributed by atoms with E-state index >= 15 is 0 Å². The third-order valence-corrected chi connectivity index (χ3v) is 2.86. The van der Waals surface area contributed by atoms with Gasteiger partial charge in [-0.2, -0.15) is 0 Å². The number of carbonyl (C=O) groups is 1. The lowest BCUT2D eigenvalue weighted by atomic mass is 10.2. The topological polar surface area (TPSA) is 41.1 Å². The standard InChI is InChI=1S/C14H20N2OS/c1-3-4-5-10-13(17)16-14(18)15-12-9-7-6-8-11(12)2/h6-9H,3-5,10H2,1-2H3,(H2,15,16,17,18). The van der Waals surface area contributed by atoms with E-state index < -0.39 is 0 Å². The van der Waals surface area contributed by atoms with E-state index in [9.17, 15) is 4.79 Å². The van der Waals surface area contributed by atoms with Gasteiger partial charge in [0.15, 0.2) is 5.11 Å². The van der Waals surface area contributed by atoms with Crippen LogP contribution in [0.25, 0.3) is 0 Å². The molecular weight excluding hydrogens is 244 g/mol. The number of anilines is 1. The number of hydrogen-bond acceptors (Lipinski definition) is 2. The Hall–Kier alpha value is -1.42. The van der Waals surface area contributed by atoms with Crippen LogP contribution in [-0.2, 0) is 4.79 Å². The fourth-order valence-corrected chi connectivity index (χ4v) is 1.82. The number of nitrogens with one attached hydrogen (secondary N) is 2. The Balaban J connectivity index is 2.38. The Bertz CT molecular complexity index is 418. The number of rotatable bonds is 5. The summed E-state index contributed by atoms with van der Waals surface area (Å²) in [6.45, 7) is 4.11. The molecule has 0 unspecified atom stereocenters. The molecule has 4 heteroatoms. The summed E-state index contributed by atoms with van der Waals surface area (Å²) in [6, 6.07) is 7.83. The van der Waals surface area contributed by atoms with Gasteiger partial charge in [0.05, 0.1) is 0 Å². The summed E-state index contributed by atoms with van der Waals surface area (Å²) < 4.78 is 0. The number of para-hydroxylation sites is 1. The Kier molecular flexibility index (Phi) is 6.36. The molecule has 0 aliphatic heterocycles. The monoisotopic (exact) mass is 264 g/mol. The number of thiocarbonyl (C=S) groups is 1. The summed E-state index contributed by atoms with van der Waals surface area (Å²) in [5, 5.41) is 6.09. The lowest BCUT2D eigenvalue weighted by Gasteiger charge is -2.11. The van der Waals surface area contributed by atoms with Crippen molar-refractivity contribution in [3.8, 4) is 0 Å². The van der Waals surface area contributed by atoms with Gasteiger partial charge in [-0.3, -0.25) is 4.79 Å². The molecule has 2 N–H and O–H groups in total. The maximum absolute atomic E-state index is 11.6. The molecule has 98 valence electrons. The number of unbranched alkanes of at least 4 members (excludes halogenated alkanes) is 2. The Morgan fingerprint density at radius 1 is 1.28 bits per heavy atom. The van der Waals surface area contributed by atoms with Crippen molar-refractivity contribution in [3.05, 3.63) is 29.8 Å². The minimum Gasteiger partial charge on any atom is -0.332 e. The van der Waals surface area contributed by atoms with Crippen LogP contribution < -0.4 is 10.6 Å². The largest absolute Gasteiger partial charge is 0.332 e. The maximum Gasteiger partial charge on any atom is 0.226 e. The van der Waals surface area contributed by atoms with Crippen LogP contribution >= 0.6 is 12.2 Å². The molecule has 1 amide bonds. The molecule has 3 nitrogen and oxygen atoms in total. The molecule has 0 bridgehead atoms. The molecule has 0 fully saturated rings. The smallest absolute Gasteiger partial charge is 0.226 e. The highest BCUT2D eigenvalue weighted by Crippen LogP contribution is 2.12. The van der Waals surface area contributed by atoms with E-state index in [1.54, 1.807) is 0 Å². The lowest BCUT2D eigenvalue weighted by molar-refractivity contribution is -0.119. The first-order valence-electron chi connectivity index (χ1n) is 6.30. The van der Waals surface area contributed by atoms with Crippen molar-refractivity contribution >= 4 is 28.9 Å². The van der Waals surface area contributed by atoms with Crippen molar-refractivity contribution in [2.45, 2.75) is 39.5 Å². The summed E-state index contributed by atoms with van der Waals surface area (Å²) in [4.78, 5) is 11.6. The van der Waals surface area contributed by atoms with Gasteiger partial charge in [-0.15, -0.1) is 0 Å². The first-order valence-corrected chi connectivity index (χ1v) is 6.70. The molecule has 0 saturated heterocycles. The van der Waals surface area contributed by atoms with Gasteiger partial charge in [-0.05, 0) is 37.2 Å². The van der Waals surface area contributed by atoms with Crippen molar-refractivity contribution in [2.75, 3.05) is 5.32 Å². The highest BCUT2D eigenvalue weighted by molar-refractivity contribution is 7.80. The van der Waals surface area contributed by atoms with E-state index in [-0.39, 0.29) is 5.91 Å². The molecule has 0 heterocycles. The van der Waals surface area contributed by atoms with Gasteiger partial charge in [0.1, 0.15) is 0 Å². The third kappa shape index (κ3) is 5.27. The fourth-order valence-electron chi connectivity index (χ4n) is 1.59. The van der Waals surface area contributed by atoms with Gasteiger partial charge in [-0.1, -0.05) is 38.0 Å². The highest BCUT2D eigenvalue weighted by atomic mass is 32.1. The third-order valence-electron chi connectivity index (χ3n) is 2.65. The van der Waals surface area contributed by atoms with Crippen LogP contribution in [0.1, 0.15) is 38.2 Å². The molecular formula is C14H20N2OS. The van der Waals surface area contributed by atoms with Crippen LogP contribution in [0.3, 0.4) is 0 Å². The minimum atomic E-state index is -0.0189. The van der Waals surface area contributed by atoms with E-state index in [1.165, 1.54) is 0 Å². The number of hydrogen-bond donors (Lipinski definition) is 2. The van der Waals surface area contributed by atoms with Crippen molar-refractivity contribution in [1.82, 2.24) is 5.32 Å². The molecule has 0 aliphatic rings. The first kappa shape index (κ1) is 14.6. The van der Waals surface area contributed by atoms with Crippen LogP contribution in [0.2, 0.25) is 0 Å². The van der Waals surface area contributed by atoms with E-state index in [1.807, 2.05) is 31.2 Å². The van der Waals surface area contributed by atoms with Crippen molar-refractivity contribution in [1.29, 1.82) is 0 Å². The second-order valence-corrected chi connectivity index (χ2v) is 4.68. The summed E-state index contributed by atoms with van der Waals surface area (Å²) >= 11 is 5.11. The Morgan fingerprint density at radius 3 is 2.67 bits per heavy atom. The van der Waals surface area contributed by atoms with E-state index in [0.717, 1.165) is 30.5 Å². The quantitative estimate of drug-likeness (QED) is 0.632. The average molecular weight is 264 g/mol. The second kappa shape index (κ2) is 7.82. The van der Waals surface area contributed by atoms with Crippen molar-refractivity contribution < 1.29 is 4.79 Å². The molecule has 1 rings (SSSR count). The fraction of sp³-hybridized carbons (Fsp3) is 0.429. The van der Waals surface area contributed by atoms with Crippen molar-refractivity contribution in [3.63, 3.8) is 0 Å². The lowest BCUT2D eigenvalue weighted by Crippen LogP contribution is -2.34. The predicted molar refractivity (Wildman–Crippen MR) is 79.7 cm³/mol. The normalized spacial score (nSPS) is 9.89. The van der Waals surface area contributed by atoms with E-state index in [4.69, 9.17) is 12.2 Å². The average Bonchev–Trinajstić information content (AvgIpc) is 2.32. The zero-order chi connectivity index (χ0) is 13.4. The SMILES string of the molecule is CCCCCC(=O)NC(=S)Nc1ccccc1C. The summed E-state index contributed by atoms with van der Waals surface area (Å²) in [5.41, 5.74) is 2.02. The molecule has 1 aromatic rings. The number of amides is 1. The van der Waals surface area contributed by atoms with Gasteiger partial charge in [-0.25, -0.2) is 0 Å². The molecule has 0 spiro atoms. The molecule has 0 radical (unpaired) electrons. The minimum absolute atomic E-state index is 0.0189. The van der Waals surface area contributed by atoms with Gasteiger partial charge in [0.2, 0.25) is 5.91 Å². The van der Waals surface area contributed by atoms with Crippen LogP contribution in [0.15, 0.2) is 24.3 Å². The Morgan fingerprint density at radius 2 is 2.00 bits per heavy atom. The van der Waals surface area contributed by atoms with Gasteiger partial charge >= 0.3 is 0 Å². The highest BCUT2D eigenvalue weighted by Gasteiger charge is 2.05. The van der Waals surface area contributed by atoms with Gasteiger partial charge < -0.3 is 10.6 Å².